The third-order valence-corrected chi connectivity index (χ3v) is 4.51. The summed E-state index contributed by atoms with van der Waals surface area (Å²) in [6.07, 6.45) is 0. The molecule has 6 nitrogen and oxygen atoms in total. The van der Waals surface area contributed by atoms with Gasteiger partial charge in [-0.15, -0.1) is 0 Å². The first-order valence-corrected chi connectivity index (χ1v) is 8.57. The molecule has 2 rings (SSSR count). The van der Waals surface area contributed by atoms with E-state index < -0.39 is 0 Å². The second kappa shape index (κ2) is 8.15. The number of benzene rings is 1. The first-order valence-electron chi connectivity index (χ1n) is 8.57. The van der Waals surface area contributed by atoms with E-state index in [1.807, 2.05) is 45.9 Å². The molecule has 2 N–H and O–H groups in total. The Morgan fingerprint density at radius 2 is 1.83 bits per heavy atom. The average Bonchev–Trinajstić information content (AvgIpc) is 2.57. The van der Waals surface area contributed by atoms with Crippen molar-refractivity contribution in [2.75, 3.05) is 38.0 Å². The number of amides is 3. The van der Waals surface area contributed by atoms with Gasteiger partial charge >= 0.3 is 6.03 Å². The highest BCUT2D eigenvalue weighted by molar-refractivity contribution is 5.95. The van der Waals surface area contributed by atoms with Crippen molar-refractivity contribution in [1.82, 2.24) is 15.1 Å². The number of carbonyl (C=O) groups excluding carboxylic acids is 2. The maximum Gasteiger partial charge on any atom is 0.317 e. The van der Waals surface area contributed by atoms with Crippen molar-refractivity contribution < 1.29 is 9.59 Å². The van der Waals surface area contributed by atoms with Crippen LogP contribution in [0.25, 0.3) is 0 Å². The number of carbonyl (C=O) groups is 2. The van der Waals surface area contributed by atoms with Gasteiger partial charge in [0.1, 0.15) is 0 Å². The van der Waals surface area contributed by atoms with Gasteiger partial charge < -0.3 is 15.5 Å². The fourth-order valence-corrected chi connectivity index (χ4v) is 2.85. The van der Waals surface area contributed by atoms with Crippen molar-refractivity contribution >= 4 is 17.6 Å². The molecule has 0 aliphatic carbocycles. The lowest BCUT2D eigenvalue weighted by atomic mass is 10.1. The lowest BCUT2D eigenvalue weighted by molar-refractivity contribution is -0.121. The van der Waals surface area contributed by atoms with Crippen LogP contribution in [-0.2, 0) is 4.79 Å². The quantitative estimate of drug-likeness (QED) is 0.886. The Labute approximate surface area is 144 Å². The predicted octanol–water partition coefficient (Wildman–Crippen LogP) is 1.98. The van der Waals surface area contributed by atoms with E-state index in [2.05, 4.69) is 15.5 Å². The number of piperazine rings is 1. The van der Waals surface area contributed by atoms with Crippen molar-refractivity contribution in [3.63, 3.8) is 0 Å². The molecule has 1 aliphatic rings. The number of hydrogen-bond acceptors (Lipinski definition) is 3. The number of nitrogens with one attached hydrogen (secondary N) is 2. The molecule has 1 saturated heterocycles. The average molecular weight is 332 g/mol. The monoisotopic (exact) mass is 332 g/mol. The molecule has 3 amide bonds. The molecule has 0 spiro atoms. The standard InChI is InChI=1S/C18H28N4O2/c1-5-19-18(24)22-10-8-21(9-11-22)15(4)17(23)20-16-12-13(2)6-7-14(16)3/h6-7,12,15H,5,8-11H2,1-4H3,(H,19,24)(H,20,23)/t15-/m0/s1. The summed E-state index contributed by atoms with van der Waals surface area (Å²) >= 11 is 0. The normalized spacial score (nSPS) is 16.6. The maximum absolute atomic E-state index is 12.5. The Hall–Kier alpha value is -2.08. The lowest BCUT2D eigenvalue weighted by Crippen LogP contribution is -2.55. The molecule has 0 unspecified atom stereocenters. The Balaban J connectivity index is 1.90. The van der Waals surface area contributed by atoms with Crippen LogP contribution >= 0.6 is 0 Å². The number of hydrogen-bond donors (Lipinski definition) is 2. The Morgan fingerprint density at radius 1 is 1.17 bits per heavy atom. The highest BCUT2D eigenvalue weighted by Gasteiger charge is 2.27. The molecule has 6 heteroatoms. The summed E-state index contributed by atoms with van der Waals surface area (Å²) < 4.78 is 0. The molecule has 0 aromatic heterocycles. The molecule has 132 valence electrons. The molecule has 1 aliphatic heterocycles. The van der Waals surface area contributed by atoms with Crippen LogP contribution in [0.2, 0.25) is 0 Å². The Morgan fingerprint density at radius 3 is 2.46 bits per heavy atom. The first-order chi connectivity index (χ1) is 11.4. The number of urea groups is 1. The minimum absolute atomic E-state index is 0.00448. The molecule has 1 heterocycles. The van der Waals surface area contributed by atoms with Gasteiger partial charge in [0.15, 0.2) is 0 Å². The van der Waals surface area contributed by atoms with Gasteiger partial charge in [0.05, 0.1) is 6.04 Å². The van der Waals surface area contributed by atoms with Gasteiger partial charge in [-0.3, -0.25) is 9.69 Å². The highest BCUT2D eigenvalue weighted by Crippen LogP contribution is 2.17. The van der Waals surface area contributed by atoms with Crippen LogP contribution in [0.5, 0.6) is 0 Å². The minimum Gasteiger partial charge on any atom is -0.338 e. The summed E-state index contributed by atoms with van der Waals surface area (Å²) in [4.78, 5) is 28.3. The number of anilines is 1. The van der Waals surface area contributed by atoms with E-state index in [9.17, 15) is 9.59 Å². The zero-order valence-electron chi connectivity index (χ0n) is 15.1. The van der Waals surface area contributed by atoms with Gasteiger partial charge in [0, 0.05) is 38.4 Å². The van der Waals surface area contributed by atoms with Crippen LogP contribution in [0.1, 0.15) is 25.0 Å². The largest absolute Gasteiger partial charge is 0.338 e. The number of aryl methyl sites for hydroxylation is 2. The molecule has 1 atom stereocenters. The van der Waals surface area contributed by atoms with E-state index >= 15 is 0 Å². The summed E-state index contributed by atoms with van der Waals surface area (Å²) in [6.45, 7) is 11.2. The molecule has 1 fully saturated rings. The van der Waals surface area contributed by atoms with Crippen LogP contribution in [0.3, 0.4) is 0 Å². The molecular formula is C18H28N4O2. The second-order valence-electron chi connectivity index (χ2n) is 6.34. The molecule has 1 aromatic rings. The number of rotatable bonds is 4. The van der Waals surface area contributed by atoms with E-state index in [0.29, 0.717) is 32.7 Å². The molecule has 0 bridgehead atoms. The third kappa shape index (κ3) is 4.47. The molecule has 0 saturated carbocycles. The Bertz CT molecular complexity index is 595. The molecule has 0 radical (unpaired) electrons. The van der Waals surface area contributed by atoms with Crippen LogP contribution in [0.4, 0.5) is 10.5 Å². The first kappa shape index (κ1) is 18.3. The van der Waals surface area contributed by atoms with Gasteiger partial charge in [-0.1, -0.05) is 12.1 Å². The van der Waals surface area contributed by atoms with Gasteiger partial charge in [0.25, 0.3) is 0 Å². The van der Waals surface area contributed by atoms with Crippen molar-refractivity contribution in [2.24, 2.45) is 0 Å². The second-order valence-corrected chi connectivity index (χ2v) is 6.34. The van der Waals surface area contributed by atoms with Crippen molar-refractivity contribution in [2.45, 2.75) is 33.7 Å². The summed E-state index contributed by atoms with van der Waals surface area (Å²) in [5, 5.41) is 5.84. The third-order valence-electron chi connectivity index (χ3n) is 4.51. The van der Waals surface area contributed by atoms with E-state index in [1.54, 1.807) is 4.90 Å². The zero-order valence-corrected chi connectivity index (χ0v) is 15.1. The lowest BCUT2D eigenvalue weighted by Gasteiger charge is -2.37. The van der Waals surface area contributed by atoms with E-state index in [1.165, 1.54) is 0 Å². The molecular weight excluding hydrogens is 304 g/mol. The zero-order chi connectivity index (χ0) is 17.7. The summed E-state index contributed by atoms with van der Waals surface area (Å²) in [5.41, 5.74) is 3.05. The highest BCUT2D eigenvalue weighted by atomic mass is 16.2. The van der Waals surface area contributed by atoms with Crippen molar-refractivity contribution in [3.8, 4) is 0 Å². The van der Waals surface area contributed by atoms with Crippen molar-refractivity contribution in [1.29, 1.82) is 0 Å². The SMILES string of the molecule is CCNC(=O)N1CCN([C@@H](C)C(=O)Nc2cc(C)ccc2C)CC1. The minimum atomic E-state index is -0.221. The van der Waals surface area contributed by atoms with E-state index in [0.717, 1.165) is 16.8 Å². The topological polar surface area (TPSA) is 64.7 Å². The van der Waals surface area contributed by atoms with E-state index in [-0.39, 0.29) is 18.0 Å². The summed E-state index contributed by atoms with van der Waals surface area (Å²) in [6, 6.07) is 5.80. The predicted molar refractivity (Wildman–Crippen MR) is 96.2 cm³/mol. The van der Waals surface area contributed by atoms with Crippen molar-refractivity contribution in [3.05, 3.63) is 29.3 Å². The van der Waals surface area contributed by atoms with Gasteiger partial charge in [-0.25, -0.2) is 4.79 Å². The van der Waals surface area contributed by atoms with Crippen LogP contribution in [0, 0.1) is 13.8 Å². The van der Waals surface area contributed by atoms with Gasteiger partial charge in [-0.05, 0) is 44.9 Å². The van der Waals surface area contributed by atoms with E-state index in [4.69, 9.17) is 0 Å². The number of nitrogens with zero attached hydrogens (tertiary/aromatic N) is 2. The van der Waals surface area contributed by atoms with Gasteiger partial charge in [0.2, 0.25) is 5.91 Å². The fourth-order valence-electron chi connectivity index (χ4n) is 2.85. The molecule has 1 aromatic carbocycles. The van der Waals surface area contributed by atoms with Gasteiger partial charge in [-0.2, -0.15) is 0 Å². The summed E-state index contributed by atoms with van der Waals surface area (Å²) in [5.74, 6) is -0.00448. The molecule has 24 heavy (non-hydrogen) atoms. The fraction of sp³-hybridized carbons (Fsp3) is 0.556. The summed E-state index contributed by atoms with van der Waals surface area (Å²) in [7, 11) is 0. The Kier molecular flexibility index (Phi) is 6.20. The van der Waals surface area contributed by atoms with Crippen LogP contribution in [0.15, 0.2) is 18.2 Å². The maximum atomic E-state index is 12.5. The smallest absolute Gasteiger partial charge is 0.317 e. The van der Waals surface area contributed by atoms with Crippen LogP contribution in [-0.4, -0.2) is 60.5 Å². The van der Waals surface area contributed by atoms with Crippen LogP contribution < -0.4 is 10.6 Å².